The summed E-state index contributed by atoms with van der Waals surface area (Å²) in [6.07, 6.45) is 6.41. The number of aromatic nitrogens is 3. The molecule has 0 unspecified atom stereocenters. The van der Waals surface area contributed by atoms with E-state index in [-0.39, 0.29) is 28.5 Å². The summed E-state index contributed by atoms with van der Waals surface area (Å²) in [6, 6.07) is 25.6. The molecule has 0 radical (unpaired) electrons. The lowest BCUT2D eigenvalue weighted by Gasteiger charge is -2.34. The molecule has 0 atom stereocenters. The molecule has 0 amide bonds. The molecule has 0 aliphatic carbocycles. The van der Waals surface area contributed by atoms with Crippen molar-refractivity contribution < 1.29 is 8.42 Å². The van der Waals surface area contributed by atoms with Gasteiger partial charge in [0.2, 0.25) is 10.0 Å². The molecule has 1 aliphatic rings. The van der Waals surface area contributed by atoms with Crippen molar-refractivity contribution in [3.63, 3.8) is 0 Å². The molecule has 0 bridgehead atoms. The van der Waals surface area contributed by atoms with E-state index in [9.17, 15) is 13.2 Å². The number of H-pyrrole nitrogens is 1. The van der Waals surface area contributed by atoms with Crippen molar-refractivity contribution in [1.82, 2.24) is 29.5 Å². The van der Waals surface area contributed by atoms with Crippen LogP contribution in [0.15, 0.2) is 105 Å². The smallest absolute Gasteiger partial charge is 0.354 e. The maximum Gasteiger partial charge on any atom is 0.354 e. The first-order chi connectivity index (χ1) is 27.4. The van der Waals surface area contributed by atoms with Crippen LogP contribution in [0, 0.1) is 0 Å². The Morgan fingerprint density at radius 2 is 1.64 bits per heavy atom. The number of hydrogen-bond acceptors (Lipinski definition) is 8. The van der Waals surface area contributed by atoms with E-state index in [0.717, 1.165) is 83.8 Å². The molecule has 0 saturated carbocycles. The summed E-state index contributed by atoms with van der Waals surface area (Å²) in [5.74, 6) is 0.123. The summed E-state index contributed by atoms with van der Waals surface area (Å²) < 4.78 is 30.6. The largest absolute Gasteiger partial charge is 0.370 e. The minimum absolute atomic E-state index is 0.00469. The van der Waals surface area contributed by atoms with E-state index in [0.29, 0.717) is 23.6 Å². The van der Waals surface area contributed by atoms with Crippen LogP contribution in [-0.2, 0) is 33.9 Å². The molecule has 58 heavy (non-hydrogen) atoms. The first-order valence-corrected chi connectivity index (χ1v) is 22.6. The van der Waals surface area contributed by atoms with Crippen molar-refractivity contribution in [3.05, 3.63) is 118 Å². The Bertz CT molecular complexity index is 2300. The molecule has 1 fully saturated rings. The average molecular weight is 828 g/mol. The minimum Gasteiger partial charge on any atom is -0.370 e. The Morgan fingerprint density at radius 1 is 0.948 bits per heavy atom. The van der Waals surface area contributed by atoms with Crippen LogP contribution in [0.3, 0.4) is 0 Å². The quantitative estimate of drug-likeness (QED) is 0.0389. The monoisotopic (exact) mass is 827 g/mol. The van der Waals surface area contributed by atoms with Gasteiger partial charge < -0.3 is 27.1 Å². The lowest BCUT2D eigenvalue weighted by Crippen LogP contribution is -2.45. The highest BCUT2D eigenvalue weighted by molar-refractivity contribution is 7.98. The van der Waals surface area contributed by atoms with E-state index in [1.54, 1.807) is 32.8 Å². The van der Waals surface area contributed by atoms with Gasteiger partial charge in [0.05, 0.1) is 10.6 Å². The fraction of sp³-hybridized carbons (Fsp3) is 0.432. The van der Waals surface area contributed by atoms with Crippen LogP contribution in [0.5, 0.6) is 0 Å². The summed E-state index contributed by atoms with van der Waals surface area (Å²) in [4.78, 5) is 25.4. The average Bonchev–Trinajstić information content (AvgIpc) is 3.62. The van der Waals surface area contributed by atoms with Gasteiger partial charge >= 0.3 is 5.69 Å². The van der Waals surface area contributed by atoms with Gasteiger partial charge in [-0.3, -0.25) is 9.56 Å². The second-order valence-corrected chi connectivity index (χ2v) is 19.6. The Morgan fingerprint density at radius 3 is 2.26 bits per heavy atom. The summed E-state index contributed by atoms with van der Waals surface area (Å²) >= 11 is 1.68. The SMILES string of the molecule is CC(C)(C)c1cc2cn(-c3ccc(CNCCCN=C(N)N)cc3)c(=O)nc2[nH]1.CSc1cccc(CN(C2CCNCC2)S(=O)(=O)c2ccc(C(C)(C)C)cc2)c1. The Hall–Kier alpha value is -4.47. The Kier molecular flexibility index (Phi) is 15.0. The molecular weight excluding hydrogens is 767 g/mol. The second-order valence-electron chi connectivity index (χ2n) is 16.8. The molecule has 14 heteroatoms. The third-order valence-corrected chi connectivity index (χ3v) is 12.8. The third kappa shape index (κ3) is 12.0. The van der Waals surface area contributed by atoms with Crippen LogP contribution in [-0.4, -0.2) is 71.7 Å². The second kappa shape index (κ2) is 19.5. The zero-order chi connectivity index (χ0) is 42.1. The van der Waals surface area contributed by atoms with Crippen LogP contribution in [0.1, 0.15) is 83.2 Å². The minimum atomic E-state index is -3.58. The van der Waals surface area contributed by atoms with Crippen LogP contribution < -0.4 is 27.8 Å². The van der Waals surface area contributed by atoms with Gasteiger partial charge in [0.25, 0.3) is 0 Å². The maximum absolute atomic E-state index is 13.7. The van der Waals surface area contributed by atoms with Crippen molar-refractivity contribution in [3.8, 4) is 5.69 Å². The van der Waals surface area contributed by atoms with E-state index in [2.05, 4.69) is 85.3 Å². The number of sulfonamides is 1. The number of guanidine groups is 1. The number of fused-ring (bicyclic) bond motifs is 1. The number of piperidine rings is 1. The lowest BCUT2D eigenvalue weighted by atomic mass is 9.87. The molecular formula is C44H61N9O3S2. The molecule has 12 nitrogen and oxygen atoms in total. The van der Waals surface area contributed by atoms with Gasteiger partial charge in [-0.25, -0.2) is 13.2 Å². The summed E-state index contributed by atoms with van der Waals surface area (Å²) in [5, 5.41) is 7.61. The first-order valence-electron chi connectivity index (χ1n) is 19.9. The first kappa shape index (κ1) is 44.6. The van der Waals surface area contributed by atoms with Gasteiger partial charge in [-0.05, 0) is 110 Å². The molecule has 5 aromatic rings. The fourth-order valence-electron chi connectivity index (χ4n) is 6.72. The number of rotatable bonds is 13. The number of thioether (sulfide) groups is 1. The van der Waals surface area contributed by atoms with E-state index in [4.69, 9.17) is 11.5 Å². The fourth-order valence-corrected chi connectivity index (χ4v) is 8.88. The maximum atomic E-state index is 13.7. The molecule has 6 rings (SSSR count). The van der Waals surface area contributed by atoms with E-state index in [1.165, 1.54) is 0 Å². The molecule has 1 saturated heterocycles. The summed E-state index contributed by atoms with van der Waals surface area (Å²) in [6.45, 7) is 17.1. The van der Waals surface area contributed by atoms with Crippen LogP contribution >= 0.6 is 11.8 Å². The molecule has 3 heterocycles. The number of aromatic amines is 1. The zero-order valence-electron chi connectivity index (χ0n) is 35.0. The van der Waals surface area contributed by atoms with Gasteiger partial charge in [0.15, 0.2) is 5.96 Å². The van der Waals surface area contributed by atoms with Gasteiger partial charge in [-0.1, -0.05) is 77.9 Å². The Labute approximate surface area is 348 Å². The van der Waals surface area contributed by atoms with Crippen molar-refractivity contribution in [2.24, 2.45) is 16.5 Å². The Balaban J connectivity index is 0.000000221. The molecule has 7 N–H and O–H groups in total. The van der Waals surface area contributed by atoms with Crippen LogP contribution in [0.25, 0.3) is 16.7 Å². The number of hydrogen-bond donors (Lipinski definition) is 5. The van der Waals surface area contributed by atoms with Gasteiger partial charge in [0, 0.05) is 53.3 Å². The predicted molar refractivity (Wildman–Crippen MR) is 239 cm³/mol. The molecule has 312 valence electrons. The number of nitrogens with zero attached hydrogens (tertiary/aromatic N) is 4. The van der Waals surface area contributed by atoms with Crippen molar-refractivity contribution in [1.29, 1.82) is 0 Å². The lowest BCUT2D eigenvalue weighted by molar-refractivity contribution is 0.256. The number of benzene rings is 3. The van der Waals surface area contributed by atoms with Crippen LogP contribution in [0.4, 0.5) is 0 Å². The topological polar surface area (TPSA) is 177 Å². The third-order valence-electron chi connectivity index (χ3n) is 10.2. The highest BCUT2D eigenvalue weighted by Crippen LogP contribution is 2.29. The van der Waals surface area contributed by atoms with Gasteiger partial charge in [-0.2, -0.15) is 9.29 Å². The van der Waals surface area contributed by atoms with Gasteiger partial charge in [0.1, 0.15) is 5.65 Å². The molecule has 2 aromatic heterocycles. The molecule has 0 spiro atoms. The number of nitrogens with one attached hydrogen (secondary N) is 3. The van der Waals surface area contributed by atoms with Crippen LogP contribution in [0.2, 0.25) is 0 Å². The highest BCUT2D eigenvalue weighted by atomic mass is 32.2. The van der Waals surface area contributed by atoms with Gasteiger partial charge in [-0.15, -0.1) is 11.8 Å². The van der Waals surface area contributed by atoms with Crippen molar-refractivity contribution in [2.75, 3.05) is 32.4 Å². The standard InChI is InChI=1S/C23H32N2O2S2.C21H29N7O/c1-23(2,3)19-8-10-22(11-9-19)29(26,27)25(20-12-14-24-15-13-20)17-18-6-5-7-21(16-18)28-4;1-21(2,3)17-11-15-13-28(20(29)27-18(15)26-17)16-7-5-14(6-8-16)12-24-9-4-10-25-19(22)23/h5-11,16,20,24H,12-15,17H2,1-4H3;5-8,11,13,24H,4,9-10,12H2,1-3H3,(H4,22,23,25)(H,26,27,29). The van der Waals surface area contributed by atoms with Crippen molar-refractivity contribution in [2.45, 2.75) is 101 Å². The van der Waals surface area contributed by atoms with Crippen molar-refractivity contribution >= 4 is 38.8 Å². The predicted octanol–water partition coefficient (Wildman–Crippen LogP) is 6.41. The van der Waals surface area contributed by atoms with E-state index < -0.39 is 10.0 Å². The summed E-state index contributed by atoms with van der Waals surface area (Å²) in [7, 11) is -3.58. The zero-order valence-corrected chi connectivity index (χ0v) is 36.6. The summed E-state index contributed by atoms with van der Waals surface area (Å²) in [5.41, 5.74) is 16.0. The molecule has 1 aliphatic heterocycles. The highest BCUT2D eigenvalue weighted by Gasteiger charge is 2.33. The number of aliphatic imine (C=N–C) groups is 1. The van der Waals surface area contributed by atoms with E-state index >= 15 is 0 Å². The normalized spacial score (nSPS) is 14.0. The van der Waals surface area contributed by atoms with E-state index in [1.807, 2.05) is 61.0 Å². The molecule has 3 aromatic carbocycles. The number of nitrogens with two attached hydrogens (primary N) is 2.